The van der Waals surface area contributed by atoms with Crippen molar-refractivity contribution in [2.75, 3.05) is 7.05 Å². The molecule has 1 heterocycles. The molecule has 1 aromatic heterocycles. The Labute approximate surface area is 109 Å². The molecule has 94 valence electrons. The van der Waals surface area contributed by atoms with Gasteiger partial charge in [0.15, 0.2) is 0 Å². The van der Waals surface area contributed by atoms with Crippen molar-refractivity contribution in [3.8, 4) is 0 Å². The lowest BCUT2D eigenvalue weighted by atomic mass is 9.90. The number of rotatable bonds is 6. The summed E-state index contributed by atoms with van der Waals surface area (Å²) in [5, 5.41) is 5.84. The standard InChI is InChI=1S/C15H23NS/c1-11(15(16-2)8-9-15)13-7-10-17-14(13)6-5-12-3-4-12/h7,10-12,16H,3-6,8-9H2,1-2H3. The molecule has 0 radical (unpaired) electrons. The summed E-state index contributed by atoms with van der Waals surface area (Å²) in [7, 11) is 2.12. The van der Waals surface area contributed by atoms with E-state index >= 15 is 0 Å². The molecule has 0 amide bonds. The van der Waals surface area contributed by atoms with Crippen molar-refractivity contribution in [1.82, 2.24) is 5.32 Å². The van der Waals surface area contributed by atoms with E-state index in [2.05, 4.69) is 30.7 Å². The summed E-state index contributed by atoms with van der Waals surface area (Å²) in [6, 6.07) is 2.37. The Kier molecular flexibility index (Phi) is 3.04. The third-order valence-electron chi connectivity index (χ3n) is 4.84. The predicted octanol–water partition coefficient (Wildman–Crippen LogP) is 3.95. The topological polar surface area (TPSA) is 12.0 Å². The van der Waals surface area contributed by atoms with Crippen molar-refractivity contribution >= 4 is 11.3 Å². The minimum absolute atomic E-state index is 0.426. The van der Waals surface area contributed by atoms with Gasteiger partial charge in [-0.05, 0) is 55.7 Å². The van der Waals surface area contributed by atoms with Crippen LogP contribution in [0, 0.1) is 5.92 Å². The third kappa shape index (κ3) is 2.30. The van der Waals surface area contributed by atoms with Gasteiger partial charge < -0.3 is 5.32 Å². The molecule has 1 nitrogen and oxygen atoms in total. The summed E-state index contributed by atoms with van der Waals surface area (Å²) < 4.78 is 0. The second-order valence-corrected chi connectivity index (χ2v) is 6.91. The minimum Gasteiger partial charge on any atom is -0.314 e. The molecule has 0 aliphatic heterocycles. The van der Waals surface area contributed by atoms with E-state index in [-0.39, 0.29) is 0 Å². The van der Waals surface area contributed by atoms with E-state index in [9.17, 15) is 0 Å². The molecular formula is C15H23NS. The van der Waals surface area contributed by atoms with Gasteiger partial charge in [-0.2, -0.15) is 0 Å². The Morgan fingerprint density at radius 1 is 1.47 bits per heavy atom. The molecular weight excluding hydrogens is 226 g/mol. The van der Waals surface area contributed by atoms with Gasteiger partial charge in [-0.15, -0.1) is 11.3 Å². The van der Waals surface area contributed by atoms with Crippen LogP contribution in [0.3, 0.4) is 0 Å². The van der Waals surface area contributed by atoms with Gasteiger partial charge >= 0.3 is 0 Å². The van der Waals surface area contributed by atoms with Gasteiger partial charge in [0.1, 0.15) is 0 Å². The molecule has 0 saturated heterocycles. The molecule has 17 heavy (non-hydrogen) atoms. The first-order chi connectivity index (χ1) is 8.25. The van der Waals surface area contributed by atoms with E-state index in [1.165, 1.54) is 38.5 Å². The summed E-state index contributed by atoms with van der Waals surface area (Å²) >= 11 is 1.97. The maximum Gasteiger partial charge on any atom is 0.0246 e. The maximum atomic E-state index is 3.55. The molecule has 2 aliphatic carbocycles. The van der Waals surface area contributed by atoms with Gasteiger partial charge in [-0.1, -0.05) is 19.8 Å². The monoisotopic (exact) mass is 249 g/mol. The Morgan fingerprint density at radius 3 is 2.82 bits per heavy atom. The number of likely N-dealkylation sites (N-methyl/N-ethyl adjacent to an activating group) is 1. The summed E-state index contributed by atoms with van der Waals surface area (Å²) in [5.74, 6) is 1.74. The van der Waals surface area contributed by atoms with E-state index in [0.29, 0.717) is 11.5 Å². The predicted molar refractivity (Wildman–Crippen MR) is 74.8 cm³/mol. The first-order valence-corrected chi connectivity index (χ1v) is 7.88. The molecule has 2 heteroatoms. The van der Waals surface area contributed by atoms with E-state index in [1.807, 2.05) is 11.3 Å². The van der Waals surface area contributed by atoms with Gasteiger partial charge in [-0.25, -0.2) is 0 Å². The van der Waals surface area contributed by atoms with E-state index in [0.717, 1.165) is 5.92 Å². The molecule has 1 aromatic rings. The number of aryl methyl sites for hydroxylation is 1. The van der Waals surface area contributed by atoms with Gasteiger partial charge in [0.2, 0.25) is 0 Å². The highest BCUT2D eigenvalue weighted by atomic mass is 32.1. The van der Waals surface area contributed by atoms with Crippen LogP contribution in [0.15, 0.2) is 11.4 Å². The summed E-state index contributed by atoms with van der Waals surface area (Å²) in [4.78, 5) is 1.66. The van der Waals surface area contributed by atoms with Crippen LogP contribution in [0.2, 0.25) is 0 Å². The first kappa shape index (κ1) is 11.7. The lowest BCUT2D eigenvalue weighted by Crippen LogP contribution is -2.33. The largest absolute Gasteiger partial charge is 0.314 e. The molecule has 0 bridgehead atoms. The maximum absolute atomic E-state index is 3.55. The molecule has 1 unspecified atom stereocenters. The molecule has 2 fully saturated rings. The SMILES string of the molecule is CNC1(C(C)c2ccsc2CCC2CC2)CC1. The van der Waals surface area contributed by atoms with Crippen molar-refractivity contribution in [1.29, 1.82) is 0 Å². The second-order valence-electron chi connectivity index (χ2n) is 5.91. The summed E-state index contributed by atoms with van der Waals surface area (Å²) in [6.45, 7) is 2.41. The fourth-order valence-electron chi connectivity index (χ4n) is 3.01. The van der Waals surface area contributed by atoms with Crippen LogP contribution in [-0.2, 0) is 6.42 Å². The highest BCUT2D eigenvalue weighted by Crippen LogP contribution is 2.48. The lowest BCUT2D eigenvalue weighted by Gasteiger charge is -2.23. The van der Waals surface area contributed by atoms with Crippen LogP contribution in [0.5, 0.6) is 0 Å². The van der Waals surface area contributed by atoms with Crippen LogP contribution < -0.4 is 5.32 Å². The molecule has 1 atom stereocenters. The van der Waals surface area contributed by atoms with Crippen molar-refractivity contribution in [3.05, 3.63) is 21.9 Å². The van der Waals surface area contributed by atoms with Gasteiger partial charge in [0, 0.05) is 16.3 Å². The third-order valence-corrected chi connectivity index (χ3v) is 5.83. The second kappa shape index (κ2) is 4.40. The normalized spacial score (nSPS) is 23.6. The van der Waals surface area contributed by atoms with E-state index in [4.69, 9.17) is 0 Å². The van der Waals surface area contributed by atoms with Gasteiger partial charge in [-0.3, -0.25) is 0 Å². The van der Waals surface area contributed by atoms with Crippen molar-refractivity contribution < 1.29 is 0 Å². The quantitative estimate of drug-likeness (QED) is 0.805. The summed E-state index contributed by atoms with van der Waals surface area (Å²) in [6.07, 6.45) is 8.41. The minimum atomic E-state index is 0.426. The number of hydrogen-bond donors (Lipinski definition) is 1. The molecule has 0 aromatic carbocycles. The zero-order chi connectivity index (χ0) is 11.9. The van der Waals surface area contributed by atoms with Crippen LogP contribution in [0.4, 0.5) is 0 Å². The smallest absolute Gasteiger partial charge is 0.0246 e. The number of thiophene rings is 1. The van der Waals surface area contributed by atoms with Crippen LogP contribution in [-0.4, -0.2) is 12.6 Å². The first-order valence-electron chi connectivity index (χ1n) is 7.00. The Hall–Kier alpha value is -0.340. The fraction of sp³-hybridized carbons (Fsp3) is 0.733. The van der Waals surface area contributed by atoms with Crippen molar-refractivity contribution in [2.45, 2.75) is 56.9 Å². The lowest BCUT2D eigenvalue weighted by molar-refractivity contribution is 0.467. The highest BCUT2D eigenvalue weighted by molar-refractivity contribution is 7.10. The van der Waals surface area contributed by atoms with Crippen molar-refractivity contribution in [2.24, 2.45) is 5.92 Å². The van der Waals surface area contributed by atoms with Crippen LogP contribution in [0.25, 0.3) is 0 Å². The average molecular weight is 249 g/mol. The molecule has 2 saturated carbocycles. The highest BCUT2D eigenvalue weighted by Gasteiger charge is 2.47. The van der Waals surface area contributed by atoms with Gasteiger partial charge in [0.05, 0.1) is 0 Å². The van der Waals surface area contributed by atoms with Crippen LogP contribution >= 0.6 is 11.3 Å². The van der Waals surface area contributed by atoms with E-state index in [1.54, 1.807) is 10.4 Å². The average Bonchev–Trinajstić information content (AvgIpc) is 3.25. The van der Waals surface area contributed by atoms with Crippen LogP contribution in [0.1, 0.15) is 55.4 Å². The Balaban J connectivity index is 1.70. The molecule has 1 N–H and O–H groups in total. The molecule has 2 aliphatic rings. The zero-order valence-electron chi connectivity index (χ0n) is 11.0. The Bertz CT molecular complexity index is 387. The fourth-order valence-corrected chi connectivity index (χ4v) is 4.01. The van der Waals surface area contributed by atoms with Gasteiger partial charge in [0.25, 0.3) is 0 Å². The van der Waals surface area contributed by atoms with Crippen molar-refractivity contribution in [3.63, 3.8) is 0 Å². The number of nitrogens with one attached hydrogen (secondary N) is 1. The zero-order valence-corrected chi connectivity index (χ0v) is 11.8. The number of hydrogen-bond acceptors (Lipinski definition) is 2. The summed E-state index contributed by atoms with van der Waals surface area (Å²) in [5.41, 5.74) is 2.05. The van der Waals surface area contributed by atoms with E-state index < -0.39 is 0 Å². The Morgan fingerprint density at radius 2 is 2.24 bits per heavy atom. The molecule has 3 rings (SSSR count). The molecule has 0 spiro atoms.